The summed E-state index contributed by atoms with van der Waals surface area (Å²) in [5.74, 6) is 0.501. The molecule has 2 aromatic carbocycles. The minimum Gasteiger partial charge on any atom is -0.486 e. The molecule has 3 aromatic rings. The summed E-state index contributed by atoms with van der Waals surface area (Å²) >= 11 is 0. The lowest BCUT2D eigenvalue weighted by Gasteiger charge is -2.29. The van der Waals surface area contributed by atoms with Gasteiger partial charge in [-0.05, 0) is 48.5 Å². The van der Waals surface area contributed by atoms with Crippen LogP contribution in [0.5, 0.6) is 11.5 Å². The number of hydrogen-bond donors (Lipinski definition) is 0. The summed E-state index contributed by atoms with van der Waals surface area (Å²) in [6.07, 6.45) is 3.55. The van der Waals surface area contributed by atoms with Crippen LogP contribution in [0.2, 0.25) is 0 Å². The molecule has 154 valence electrons. The number of para-hydroxylation sites is 2. The smallest absolute Gasteiger partial charge is 0.338 e. The number of nitrogens with zero attached hydrogens (tertiary/aromatic N) is 2. The number of rotatable bonds is 6. The Kier molecular flexibility index (Phi) is 5.70. The molecule has 7 heteroatoms. The number of benzene rings is 2. The average Bonchev–Trinajstić information content (AvgIpc) is 3.32. The van der Waals surface area contributed by atoms with E-state index in [9.17, 15) is 9.59 Å². The van der Waals surface area contributed by atoms with Gasteiger partial charge in [-0.3, -0.25) is 4.79 Å². The summed E-state index contributed by atoms with van der Waals surface area (Å²) in [6.45, 7) is 0.345. The molecule has 2 heterocycles. The second kappa shape index (κ2) is 8.73. The Bertz CT molecular complexity index is 1010. The van der Waals surface area contributed by atoms with Gasteiger partial charge in [0.05, 0.1) is 12.1 Å². The first-order valence-corrected chi connectivity index (χ1v) is 9.63. The van der Waals surface area contributed by atoms with Crippen LogP contribution in [0.3, 0.4) is 0 Å². The summed E-state index contributed by atoms with van der Waals surface area (Å²) in [7, 11) is 1.64. The van der Waals surface area contributed by atoms with Gasteiger partial charge in [-0.2, -0.15) is 0 Å². The maximum atomic E-state index is 12.4. The third-order valence-corrected chi connectivity index (χ3v) is 4.80. The molecular formula is C23H22N2O5. The van der Waals surface area contributed by atoms with Gasteiger partial charge < -0.3 is 23.7 Å². The van der Waals surface area contributed by atoms with Gasteiger partial charge in [0.25, 0.3) is 5.91 Å². The molecular weight excluding hydrogens is 384 g/mol. The maximum absolute atomic E-state index is 12.4. The molecule has 1 atom stereocenters. The van der Waals surface area contributed by atoms with Crippen LogP contribution in [0.4, 0.5) is 0 Å². The van der Waals surface area contributed by atoms with Gasteiger partial charge in [-0.15, -0.1) is 0 Å². The van der Waals surface area contributed by atoms with E-state index in [1.807, 2.05) is 65.5 Å². The lowest BCUT2D eigenvalue weighted by atomic mass is 10.2. The van der Waals surface area contributed by atoms with E-state index < -0.39 is 5.97 Å². The number of aromatic nitrogens is 1. The highest BCUT2D eigenvalue weighted by Crippen LogP contribution is 2.30. The fraction of sp³-hybridized carbons (Fsp3) is 0.217. The molecule has 0 radical (unpaired) electrons. The Morgan fingerprint density at radius 2 is 1.73 bits per heavy atom. The molecule has 0 bridgehead atoms. The van der Waals surface area contributed by atoms with Crippen molar-refractivity contribution >= 4 is 11.9 Å². The van der Waals surface area contributed by atoms with Crippen LogP contribution >= 0.6 is 0 Å². The van der Waals surface area contributed by atoms with E-state index in [2.05, 4.69) is 0 Å². The highest BCUT2D eigenvalue weighted by molar-refractivity contribution is 5.91. The molecule has 0 saturated carbocycles. The third-order valence-electron chi connectivity index (χ3n) is 4.80. The zero-order valence-corrected chi connectivity index (χ0v) is 16.6. The van der Waals surface area contributed by atoms with Crippen LogP contribution in [0.15, 0.2) is 73.1 Å². The number of amides is 1. The summed E-state index contributed by atoms with van der Waals surface area (Å²) in [4.78, 5) is 26.1. The molecule has 1 amide bonds. The molecule has 1 aliphatic heterocycles. The molecule has 0 aliphatic carbocycles. The second-order valence-corrected chi connectivity index (χ2v) is 6.99. The molecule has 30 heavy (non-hydrogen) atoms. The number of ether oxygens (including phenoxy) is 3. The van der Waals surface area contributed by atoms with Gasteiger partial charge in [0, 0.05) is 25.1 Å². The van der Waals surface area contributed by atoms with Gasteiger partial charge in [0.1, 0.15) is 6.61 Å². The summed E-state index contributed by atoms with van der Waals surface area (Å²) < 4.78 is 18.6. The van der Waals surface area contributed by atoms with E-state index in [4.69, 9.17) is 14.2 Å². The van der Waals surface area contributed by atoms with E-state index in [0.717, 1.165) is 5.69 Å². The average molecular weight is 406 g/mol. The van der Waals surface area contributed by atoms with Crippen molar-refractivity contribution in [2.24, 2.45) is 0 Å². The van der Waals surface area contributed by atoms with Gasteiger partial charge >= 0.3 is 5.97 Å². The van der Waals surface area contributed by atoms with Gasteiger partial charge in [0.2, 0.25) is 0 Å². The van der Waals surface area contributed by atoms with Crippen molar-refractivity contribution in [3.05, 3.63) is 78.6 Å². The molecule has 1 aromatic heterocycles. The largest absolute Gasteiger partial charge is 0.486 e. The van der Waals surface area contributed by atoms with Gasteiger partial charge in [-0.1, -0.05) is 12.1 Å². The lowest BCUT2D eigenvalue weighted by Crippen LogP contribution is -2.43. The molecule has 4 rings (SSSR count). The van der Waals surface area contributed by atoms with Gasteiger partial charge in [-0.25, -0.2) is 4.79 Å². The van der Waals surface area contributed by atoms with Crippen molar-refractivity contribution in [2.75, 3.05) is 26.8 Å². The number of esters is 1. The Labute approximate surface area is 174 Å². The first-order valence-electron chi connectivity index (χ1n) is 9.63. The molecule has 1 aliphatic rings. The first-order chi connectivity index (χ1) is 14.6. The summed E-state index contributed by atoms with van der Waals surface area (Å²) in [5.41, 5.74) is 1.32. The van der Waals surface area contributed by atoms with E-state index in [1.165, 1.54) is 4.90 Å². The monoisotopic (exact) mass is 406 g/mol. The van der Waals surface area contributed by atoms with Crippen LogP contribution in [-0.2, 0) is 9.53 Å². The Morgan fingerprint density at radius 1 is 1.03 bits per heavy atom. The molecule has 0 saturated heterocycles. The van der Waals surface area contributed by atoms with Crippen LogP contribution in [0.25, 0.3) is 5.69 Å². The molecule has 0 fully saturated rings. The van der Waals surface area contributed by atoms with Crippen molar-refractivity contribution in [3.8, 4) is 17.2 Å². The van der Waals surface area contributed by atoms with E-state index in [0.29, 0.717) is 30.2 Å². The second-order valence-electron chi connectivity index (χ2n) is 6.99. The molecule has 0 spiro atoms. The highest BCUT2D eigenvalue weighted by Gasteiger charge is 2.24. The lowest BCUT2D eigenvalue weighted by molar-refractivity contribution is -0.134. The van der Waals surface area contributed by atoms with Crippen LogP contribution in [-0.4, -0.2) is 54.3 Å². The minimum absolute atomic E-state index is 0.286. The zero-order valence-electron chi connectivity index (χ0n) is 16.6. The summed E-state index contributed by atoms with van der Waals surface area (Å²) in [6, 6.07) is 18.3. The minimum atomic E-state index is -0.540. The van der Waals surface area contributed by atoms with E-state index >= 15 is 0 Å². The quantitative estimate of drug-likeness (QED) is 0.589. The van der Waals surface area contributed by atoms with Crippen molar-refractivity contribution < 1.29 is 23.8 Å². The number of hydrogen-bond acceptors (Lipinski definition) is 5. The van der Waals surface area contributed by atoms with Crippen molar-refractivity contribution in [1.29, 1.82) is 0 Å². The first kappa shape index (κ1) is 19.6. The Morgan fingerprint density at radius 3 is 2.47 bits per heavy atom. The maximum Gasteiger partial charge on any atom is 0.338 e. The number of fused-ring (bicyclic) bond motifs is 1. The fourth-order valence-corrected chi connectivity index (χ4v) is 3.16. The summed E-state index contributed by atoms with van der Waals surface area (Å²) in [5, 5.41) is 0. The van der Waals surface area contributed by atoms with Crippen molar-refractivity contribution in [3.63, 3.8) is 0 Å². The Hall–Kier alpha value is -3.74. The third kappa shape index (κ3) is 4.46. The molecule has 0 unspecified atom stereocenters. The Balaban J connectivity index is 1.26. The van der Waals surface area contributed by atoms with Crippen LogP contribution < -0.4 is 9.47 Å². The predicted octanol–water partition coefficient (Wildman–Crippen LogP) is 2.93. The number of carbonyl (C=O) groups is 2. The standard InChI is InChI=1S/C23H22N2O5/c1-24(14-19-15-28-20-6-2-3-7-21(20)30-19)22(26)16-29-23(27)17-8-10-18(11-9-17)25-12-4-5-13-25/h2-13,19H,14-16H2,1H3/t19-/m1/s1. The van der Waals surface area contributed by atoms with Crippen LogP contribution in [0.1, 0.15) is 10.4 Å². The normalized spacial score (nSPS) is 14.8. The van der Waals surface area contributed by atoms with Crippen LogP contribution in [0, 0.1) is 0 Å². The fourth-order valence-electron chi connectivity index (χ4n) is 3.16. The highest BCUT2D eigenvalue weighted by atomic mass is 16.6. The SMILES string of the molecule is CN(C[C@@H]1COc2ccccc2O1)C(=O)COC(=O)c1ccc(-n2cccc2)cc1. The van der Waals surface area contributed by atoms with E-state index in [1.54, 1.807) is 19.2 Å². The van der Waals surface area contributed by atoms with Gasteiger partial charge in [0.15, 0.2) is 24.2 Å². The van der Waals surface area contributed by atoms with Crippen molar-refractivity contribution in [2.45, 2.75) is 6.10 Å². The number of carbonyl (C=O) groups excluding carboxylic acids is 2. The molecule has 0 N–H and O–H groups in total. The van der Waals surface area contributed by atoms with Crippen molar-refractivity contribution in [1.82, 2.24) is 9.47 Å². The zero-order chi connectivity index (χ0) is 20.9. The predicted molar refractivity (Wildman–Crippen MR) is 110 cm³/mol. The molecule has 7 nitrogen and oxygen atoms in total. The number of likely N-dealkylation sites (N-methyl/N-ethyl adjacent to an activating group) is 1. The van der Waals surface area contributed by atoms with E-state index in [-0.39, 0.29) is 18.6 Å². The topological polar surface area (TPSA) is 70.0 Å².